The van der Waals surface area contributed by atoms with Crippen molar-refractivity contribution in [1.29, 1.82) is 0 Å². The number of nitrogens with one attached hydrogen (secondary N) is 1. The third kappa shape index (κ3) is 2.52. The molecular formula is C14H15ClN2O3S. The van der Waals surface area contributed by atoms with Crippen molar-refractivity contribution < 1.29 is 14.7 Å². The molecule has 2 heterocycles. The van der Waals surface area contributed by atoms with Crippen LogP contribution in [0.25, 0.3) is 0 Å². The Kier molecular flexibility index (Phi) is 3.86. The third-order valence-electron chi connectivity index (χ3n) is 3.89. The van der Waals surface area contributed by atoms with Crippen LogP contribution in [0.5, 0.6) is 0 Å². The molecule has 1 spiro atoms. The topological polar surface area (TPSA) is 69.6 Å². The molecule has 21 heavy (non-hydrogen) atoms. The van der Waals surface area contributed by atoms with Gasteiger partial charge in [0.15, 0.2) is 0 Å². The zero-order valence-electron chi connectivity index (χ0n) is 11.2. The van der Waals surface area contributed by atoms with Gasteiger partial charge in [0.2, 0.25) is 0 Å². The lowest BCUT2D eigenvalue weighted by Gasteiger charge is -2.21. The van der Waals surface area contributed by atoms with E-state index in [1.54, 1.807) is 36.0 Å². The van der Waals surface area contributed by atoms with Gasteiger partial charge in [-0.1, -0.05) is 29.8 Å². The summed E-state index contributed by atoms with van der Waals surface area (Å²) in [5, 5.41) is 13.5. The normalized spacial score (nSPS) is 26.5. The fourth-order valence-corrected chi connectivity index (χ4v) is 4.28. The van der Waals surface area contributed by atoms with Gasteiger partial charge < -0.3 is 10.4 Å². The number of benzene rings is 1. The first-order valence-corrected chi connectivity index (χ1v) is 8.21. The monoisotopic (exact) mass is 326 g/mol. The summed E-state index contributed by atoms with van der Waals surface area (Å²) in [7, 11) is 0. The largest absolute Gasteiger partial charge is 0.386 e. The van der Waals surface area contributed by atoms with Crippen LogP contribution in [0.2, 0.25) is 5.02 Å². The van der Waals surface area contributed by atoms with Crippen molar-refractivity contribution in [2.24, 2.45) is 0 Å². The Bertz CT molecular complexity index is 589. The molecular weight excluding hydrogens is 312 g/mol. The molecule has 112 valence electrons. The predicted molar refractivity (Wildman–Crippen MR) is 81.3 cm³/mol. The van der Waals surface area contributed by atoms with Crippen LogP contribution < -0.4 is 5.32 Å². The van der Waals surface area contributed by atoms with Crippen LogP contribution in [0.3, 0.4) is 0 Å². The number of amides is 3. The smallest absolute Gasteiger partial charge is 0.325 e. The van der Waals surface area contributed by atoms with E-state index in [4.69, 9.17) is 11.6 Å². The van der Waals surface area contributed by atoms with Crippen molar-refractivity contribution in [3.8, 4) is 0 Å². The molecule has 7 heteroatoms. The number of aliphatic hydroxyl groups is 1. The first-order valence-electron chi connectivity index (χ1n) is 6.68. The highest BCUT2D eigenvalue weighted by atomic mass is 35.5. The Morgan fingerprint density at radius 2 is 2.19 bits per heavy atom. The molecule has 0 radical (unpaired) electrons. The number of carbonyl (C=O) groups excluding carboxylic acids is 2. The molecule has 2 aliphatic rings. The summed E-state index contributed by atoms with van der Waals surface area (Å²) in [5.74, 6) is 1.20. The van der Waals surface area contributed by atoms with Gasteiger partial charge >= 0.3 is 6.03 Å². The predicted octanol–water partition coefficient (Wildman–Crippen LogP) is 1.80. The van der Waals surface area contributed by atoms with Crippen LogP contribution in [0, 0.1) is 0 Å². The number of hydrogen-bond acceptors (Lipinski definition) is 4. The quantitative estimate of drug-likeness (QED) is 0.831. The lowest BCUT2D eigenvalue weighted by Crippen LogP contribution is -2.47. The zero-order valence-corrected chi connectivity index (χ0v) is 12.8. The zero-order chi connectivity index (χ0) is 15.0. The van der Waals surface area contributed by atoms with Crippen molar-refractivity contribution in [1.82, 2.24) is 10.2 Å². The number of urea groups is 1. The van der Waals surface area contributed by atoms with Crippen LogP contribution in [0.4, 0.5) is 4.79 Å². The Hall–Kier alpha value is -1.24. The van der Waals surface area contributed by atoms with Crippen molar-refractivity contribution >= 4 is 35.3 Å². The van der Waals surface area contributed by atoms with Gasteiger partial charge in [0.05, 0.1) is 12.6 Å². The van der Waals surface area contributed by atoms with E-state index in [1.165, 1.54) is 0 Å². The summed E-state index contributed by atoms with van der Waals surface area (Å²) >= 11 is 7.68. The maximum atomic E-state index is 12.5. The summed E-state index contributed by atoms with van der Waals surface area (Å²) in [6.45, 7) is -0.0825. The molecule has 2 fully saturated rings. The lowest BCUT2D eigenvalue weighted by molar-refractivity contribution is -0.131. The summed E-state index contributed by atoms with van der Waals surface area (Å²) in [6, 6.07) is 6.43. The van der Waals surface area contributed by atoms with E-state index >= 15 is 0 Å². The van der Waals surface area contributed by atoms with Crippen molar-refractivity contribution in [2.45, 2.75) is 18.1 Å². The summed E-state index contributed by atoms with van der Waals surface area (Å²) in [4.78, 5) is 25.6. The molecule has 1 aromatic rings. The van der Waals surface area contributed by atoms with E-state index < -0.39 is 17.7 Å². The Morgan fingerprint density at radius 3 is 2.86 bits per heavy atom. The maximum Gasteiger partial charge on any atom is 0.325 e. The minimum atomic E-state index is -0.988. The Balaban J connectivity index is 1.77. The lowest BCUT2D eigenvalue weighted by atomic mass is 9.99. The standard InChI is InChI=1S/C14H15ClN2O3S/c15-10-4-2-1-3-9(10)11(18)7-17-12(19)14(16-13(17)20)5-6-21-8-14/h1-4,11,18H,5-8H2,(H,16,20)/t11-,14+/m1/s1. The first kappa shape index (κ1) is 14.7. The average Bonchev–Trinajstić information content (AvgIpc) is 3.01. The minimum Gasteiger partial charge on any atom is -0.386 e. The number of nitrogens with zero attached hydrogens (tertiary/aromatic N) is 1. The molecule has 0 saturated carbocycles. The second-order valence-electron chi connectivity index (χ2n) is 5.27. The number of aliphatic hydroxyl groups excluding tert-OH is 1. The minimum absolute atomic E-state index is 0.0825. The average molecular weight is 327 g/mol. The SMILES string of the molecule is O=C1N[C@]2(CCSC2)C(=O)N1C[C@@H](O)c1ccccc1Cl. The van der Waals surface area contributed by atoms with Crippen LogP contribution >= 0.6 is 23.4 Å². The van der Waals surface area contributed by atoms with Gasteiger partial charge in [-0.05, 0) is 18.2 Å². The number of thioether (sulfide) groups is 1. The van der Waals surface area contributed by atoms with E-state index in [0.29, 0.717) is 22.8 Å². The Labute approximate surface area is 131 Å². The van der Waals surface area contributed by atoms with Crippen molar-refractivity contribution in [3.05, 3.63) is 34.9 Å². The fraction of sp³-hybridized carbons (Fsp3) is 0.429. The summed E-state index contributed by atoms with van der Waals surface area (Å²) < 4.78 is 0. The molecule has 2 atom stereocenters. The molecule has 2 N–H and O–H groups in total. The molecule has 0 aromatic heterocycles. The van der Waals surface area contributed by atoms with Gasteiger partial charge in [-0.3, -0.25) is 9.69 Å². The molecule has 2 aliphatic heterocycles. The van der Waals surface area contributed by atoms with Gasteiger partial charge in [-0.2, -0.15) is 11.8 Å². The Morgan fingerprint density at radius 1 is 1.43 bits per heavy atom. The van der Waals surface area contributed by atoms with Crippen LogP contribution in [-0.4, -0.2) is 45.5 Å². The van der Waals surface area contributed by atoms with Gasteiger partial charge in [-0.15, -0.1) is 0 Å². The van der Waals surface area contributed by atoms with Crippen molar-refractivity contribution in [2.75, 3.05) is 18.1 Å². The van der Waals surface area contributed by atoms with Crippen molar-refractivity contribution in [3.63, 3.8) is 0 Å². The van der Waals surface area contributed by atoms with E-state index in [1.807, 2.05) is 0 Å². The fourth-order valence-electron chi connectivity index (χ4n) is 2.69. The molecule has 0 aliphatic carbocycles. The van der Waals surface area contributed by atoms with Crippen LogP contribution in [0.15, 0.2) is 24.3 Å². The van der Waals surface area contributed by atoms with Gasteiger partial charge in [0.25, 0.3) is 5.91 Å². The van der Waals surface area contributed by atoms with Gasteiger partial charge in [-0.25, -0.2) is 4.79 Å². The van der Waals surface area contributed by atoms with E-state index in [9.17, 15) is 14.7 Å². The number of carbonyl (C=O) groups is 2. The molecule has 3 rings (SSSR count). The van der Waals surface area contributed by atoms with Crippen LogP contribution in [-0.2, 0) is 4.79 Å². The molecule has 0 unspecified atom stereocenters. The summed E-state index contributed by atoms with van der Waals surface area (Å²) in [6.07, 6.45) is -0.349. The van der Waals surface area contributed by atoms with E-state index in [2.05, 4.69) is 5.32 Å². The molecule has 1 aromatic carbocycles. The number of imide groups is 1. The third-order valence-corrected chi connectivity index (χ3v) is 5.42. The number of halogens is 1. The summed E-state index contributed by atoms with van der Waals surface area (Å²) in [5.41, 5.74) is -0.261. The second-order valence-corrected chi connectivity index (χ2v) is 6.78. The van der Waals surface area contributed by atoms with Crippen LogP contribution in [0.1, 0.15) is 18.1 Å². The highest BCUT2D eigenvalue weighted by Crippen LogP contribution is 2.34. The highest BCUT2D eigenvalue weighted by molar-refractivity contribution is 7.99. The number of rotatable bonds is 3. The van der Waals surface area contributed by atoms with Gasteiger partial charge in [0, 0.05) is 16.3 Å². The maximum absolute atomic E-state index is 12.5. The van der Waals surface area contributed by atoms with E-state index in [0.717, 1.165) is 10.7 Å². The molecule has 0 bridgehead atoms. The van der Waals surface area contributed by atoms with E-state index in [-0.39, 0.29) is 12.5 Å². The number of hydrogen-bond donors (Lipinski definition) is 2. The number of β-amino-alcohol motifs (C(OH)–C–C–N with tert-alkyl or cyclic N) is 1. The first-order chi connectivity index (χ1) is 10.0. The molecule has 3 amide bonds. The highest BCUT2D eigenvalue weighted by Gasteiger charge is 2.53. The van der Waals surface area contributed by atoms with Gasteiger partial charge in [0.1, 0.15) is 5.54 Å². The molecule has 5 nitrogen and oxygen atoms in total. The molecule has 2 saturated heterocycles. The second kappa shape index (κ2) is 5.51.